The first kappa shape index (κ1) is 22.8. The maximum absolute atomic E-state index is 12.9. The van der Waals surface area contributed by atoms with Crippen LogP contribution in [0.2, 0.25) is 0 Å². The summed E-state index contributed by atoms with van der Waals surface area (Å²) >= 11 is 0. The average Bonchev–Trinajstić information content (AvgIpc) is 3.12. The molecule has 2 N–H and O–H groups in total. The molecule has 0 spiro atoms. The van der Waals surface area contributed by atoms with Gasteiger partial charge in [0.2, 0.25) is 11.8 Å². The third-order valence-corrected chi connectivity index (χ3v) is 5.52. The van der Waals surface area contributed by atoms with Crippen molar-refractivity contribution in [1.82, 2.24) is 10.1 Å². The van der Waals surface area contributed by atoms with Crippen LogP contribution >= 0.6 is 0 Å². The van der Waals surface area contributed by atoms with Crippen molar-refractivity contribution in [3.63, 3.8) is 0 Å². The molecule has 160 valence electrons. The molecule has 1 aromatic heterocycles. The van der Waals surface area contributed by atoms with E-state index in [1.165, 1.54) is 0 Å². The molecule has 1 fully saturated rings. The second-order valence-electron chi connectivity index (χ2n) is 8.69. The zero-order valence-electron chi connectivity index (χ0n) is 17.8. The molecule has 0 atom stereocenters. The topological polar surface area (TPSA) is 97.1 Å². The van der Waals surface area contributed by atoms with E-state index in [0.717, 1.165) is 32.6 Å². The molecule has 8 heteroatoms. The van der Waals surface area contributed by atoms with E-state index in [1.807, 2.05) is 34.7 Å². The molecule has 1 amide bonds. The summed E-state index contributed by atoms with van der Waals surface area (Å²) in [5.41, 5.74) is -0.392. The molecular formula is C20H35N3O5. The molecule has 0 radical (unpaired) electrons. The fourth-order valence-corrected chi connectivity index (χ4v) is 3.10. The molecule has 1 aliphatic heterocycles. The van der Waals surface area contributed by atoms with Gasteiger partial charge in [-0.1, -0.05) is 19.0 Å². The van der Waals surface area contributed by atoms with Crippen molar-refractivity contribution in [1.29, 1.82) is 0 Å². The molecule has 1 aromatic rings. The first-order valence-electron chi connectivity index (χ1n) is 9.93. The summed E-state index contributed by atoms with van der Waals surface area (Å²) < 4.78 is 16.2. The number of hydrogen-bond acceptors (Lipinski definition) is 7. The third kappa shape index (κ3) is 6.01. The summed E-state index contributed by atoms with van der Waals surface area (Å²) in [7, 11) is 1.97. The number of rotatable bonds is 10. The maximum Gasteiger partial charge on any atom is 0.246 e. The minimum Gasteiger partial charge on any atom is -0.394 e. The fraction of sp³-hybridized carbons (Fsp3) is 0.800. The number of carbonyl (C=O) groups is 1. The predicted molar refractivity (Wildman–Crippen MR) is 106 cm³/mol. The van der Waals surface area contributed by atoms with Crippen LogP contribution in [-0.2, 0) is 19.7 Å². The molecule has 1 aliphatic rings. The number of aliphatic hydroxyl groups is 1. The Bertz CT molecular complexity index is 623. The molecule has 0 aromatic carbocycles. The molecule has 2 heterocycles. The van der Waals surface area contributed by atoms with Crippen LogP contribution in [0.25, 0.3) is 0 Å². The van der Waals surface area contributed by atoms with E-state index in [-0.39, 0.29) is 19.1 Å². The van der Waals surface area contributed by atoms with E-state index in [0.29, 0.717) is 24.1 Å². The molecular weight excluding hydrogens is 362 g/mol. The van der Waals surface area contributed by atoms with Crippen LogP contribution in [0.4, 0.5) is 5.88 Å². The minimum atomic E-state index is -0.689. The van der Waals surface area contributed by atoms with Crippen molar-refractivity contribution < 1.29 is 23.9 Å². The lowest BCUT2D eigenvalue weighted by atomic mass is 9.90. The van der Waals surface area contributed by atoms with Crippen LogP contribution in [0.5, 0.6) is 0 Å². The monoisotopic (exact) mass is 397 g/mol. The van der Waals surface area contributed by atoms with E-state index in [2.05, 4.69) is 15.4 Å². The number of carbonyl (C=O) groups excluding carboxylic acids is 1. The van der Waals surface area contributed by atoms with Crippen LogP contribution in [0, 0.1) is 5.92 Å². The van der Waals surface area contributed by atoms with Gasteiger partial charge in [0.1, 0.15) is 0 Å². The molecule has 8 nitrogen and oxygen atoms in total. The zero-order valence-corrected chi connectivity index (χ0v) is 17.8. The van der Waals surface area contributed by atoms with Crippen molar-refractivity contribution in [3.05, 3.63) is 11.8 Å². The van der Waals surface area contributed by atoms with Gasteiger partial charge in [-0.05, 0) is 39.7 Å². The fourth-order valence-electron chi connectivity index (χ4n) is 3.10. The van der Waals surface area contributed by atoms with Gasteiger partial charge in [0.15, 0.2) is 0 Å². The highest BCUT2D eigenvalue weighted by atomic mass is 16.5. The molecule has 2 rings (SSSR count). The average molecular weight is 398 g/mol. The summed E-state index contributed by atoms with van der Waals surface area (Å²) in [6.45, 7) is 10.8. The van der Waals surface area contributed by atoms with Gasteiger partial charge in [0.05, 0.1) is 31.1 Å². The van der Waals surface area contributed by atoms with Gasteiger partial charge in [0, 0.05) is 31.2 Å². The number of nitrogens with one attached hydrogen (secondary N) is 1. The SMILES string of the molecule is CN(CC1CCOCC1)C(C)(C)C(=O)Nc1cc(C(C)(C)COCCO)no1. The largest absolute Gasteiger partial charge is 0.394 e. The Kier molecular flexibility index (Phi) is 8.00. The van der Waals surface area contributed by atoms with Gasteiger partial charge in [-0.2, -0.15) is 0 Å². The van der Waals surface area contributed by atoms with E-state index in [4.69, 9.17) is 19.1 Å². The number of hydrogen-bond donors (Lipinski definition) is 2. The van der Waals surface area contributed by atoms with E-state index in [1.54, 1.807) is 6.07 Å². The Morgan fingerprint density at radius 2 is 2.04 bits per heavy atom. The van der Waals surface area contributed by atoms with Crippen molar-refractivity contribution in [2.45, 2.75) is 51.5 Å². The second-order valence-corrected chi connectivity index (χ2v) is 8.69. The third-order valence-electron chi connectivity index (χ3n) is 5.52. The van der Waals surface area contributed by atoms with Crippen molar-refractivity contribution >= 4 is 11.8 Å². The van der Waals surface area contributed by atoms with E-state index in [9.17, 15) is 4.79 Å². The van der Waals surface area contributed by atoms with E-state index >= 15 is 0 Å². The number of aliphatic hydroxyl groups excluding tert-OH is 1. The number of nitrogens with zero attached hydrogens (tertiary/aromatic N) is 2. The van der Waals surface area contributed by atoms with E-state index < -0.39 is 11.0 Å². The Labute approximate surface area is 167 Å². The number of aromatic nitrogens is 1. The van der Waals surface area contributed by atoms with Gasteiger partial charge in [-0.3, -0.25) is 15.0 Å². The van der Waals surface area contributed by atoms with Crippen LogP contribution in [0.15, 0.2) is 10.6 Å². The van der Waals surface area contributed by atoms with Gasteiger partial charge in [-0.25, -0.2) is 0 Å². The van der Waals surface area contributed by atoms with Gasteiger partial charge < -0.3 is 19.1 Å². The number of likely N-dealkylation sites (N-methyl/N-ethyl adjacent to an activating group) is 1. The minimum absolute atomic E-state index is 0.0211. The lowest BCUT2D eigenvalue weighted by Crippen LogP contribution is -2.52. The quantitative estimate of drug-likeness (QED) is 0.583. The Morgan fingerprint density at radius 3 is 2.68 bits per heavy atom. The summed E-state index contributed by atoms with van der Waals surface area (Å²) in [4.78, 5) is 15.0. The Morgan fingerprint density at radius 1 is 1.36 bits per heavy atom. The van der Waals surface area contributed by atoms with Gasteiger partial charge in [0.25, 0.3) is 0 Å². The standard InChI is InChI=1S/C20H35N3O5/c1-19(2,14-27-11-8-24)16-12-17(28-22-16)21-18(25)20(3,4)23(5)13-15-6-9-26-10-7-15/h12,15,24H,6-11,13-14H2,1-5H3,(H,21,25). The zero-order chi connectivity index (χ0) is 20.8. The van der Waals surface area contributed by atoms with Gasteiger partial charge >= 0.3 is 0 Å². The highest BCUT2D eigenvalue weighted by Gasteiger charge is 2.35. The number of amides is 1. The summed E-state index contributed by atoms with van der Waals surface area (Å²) in [6, 6.07) is 1.73. The predicted octanol–water partition coefficient (Wildman–Crippen LogP) is 2.04. The Hall–Kier alpha value is -1.48. The van der Waals surface area contributed by atoms with Crippen LogP contribution in [0.3, 0.4) is 0 Å². The first-order valence-corrected chi connectivity index (χ1v) is 9.93. The molecule has 0 saturated carbocycles. The second kappa shape index (κ2) is 9.82. The molecule has 0 aliphatic carbocycles. The van der Waals surface area contributed by atoms with Crippen molar-refractivity contribution in [2.75, 3.05) is 51.9 Å². The lowest BCUT2D eigenvalue weighted by molar-refractivity contribution is -0.126. The molecule has 0 unspecified atom stereocenters. The lowest BCUT2D eigenvalue weighted by Gasteiger charge is -2.37. The first-order chi connectivity index (χ1) is 13.2. The molecule has 0 bridgehead atoms. The smallest absolute Gasteiger partial charge is 0.246 e. The van der Waals surface area contributed by atoms with Gasteiger partial charge in [-0.15, -0.1) is 0 Å². The number of ether oxygens (including phenoxy) is 2. The number of anilines is 1. The van der Waals surface area contributed by atoms with Crippen molar-refractivity contribution in [2.24, 2.45) is 5.92 Å². The summed E-state index contributed by atoms with van der Waals surface area (Å²) in [6.07, 6.45) is 2.06. The molecule has 28 heavy (non-hydrogen) atoms. The maximum atomic E-state index is 12.9. The highest BCUT2D eigenvalue weighted by molar-refractivity contribution is 5.96. The van der Waals surface area contributed by atoms with Crippen molar-refractivity contribution in [3.8, 4) is 0 Å². The normalized spacial score (nSPS) is 16.5. The summed E-state index contributed by atoms with van der Waals surface area (Å²) in [5, 5.41) is 15.8. The van der Waals surface area contributed by atoms with Crippen LogP contribution in [0.1, 0.15) is 46.2 Å². The Balaban J connectivity index is 1.94. The van der Waals surface area contributed by atoms with Crippen LogP contribution < -0.4 is 5.32 Å². The summed E-state index contributed by atoms with van der Waals surface area (Å²) in [5.74, 6) is 0.726. The molecule has 1 saturated heterocycles. The highest BCUT2D eigenvalue weighted by Crippen LogP contribution is 2.26. The van der Waals surface area contributed by atoms with Crippen LogP contribution in [-0.4, -0.2) is 73.2 Å².